The molecule has 108 valence electrons. The minimum Gasteiger partial charge on any atom is -0.497 e. The Bertz CT molecular complexity index is 504. The van der Waals surface area contributed by atoms with Crippen LogP contribution in [0.1, 0.15) is 12.5 Å². The average molecular weight is 288 g/mol. The van der Waals surface area contributed by atoms with Gasteiger partial charge in [0, 0.05) is 19.6 Å². The van der Waals surface area contributed by atoms with E-state index in [1.807, 2.05) is 6.07 Å². The van der Waals surface area contributed by atoms with E-state index in [2.05, 4.69) is 4.72 Å². The molecule has 0 fully saturated rings. The van der Waals surface area contributed by atoms with Gasteiger partial charge in [0.05, 0.1) is 13.7 Å². The van der Waals surface area contributed by atoms with E-state index in [0.717, 1.165) is 5.56 Å². The monoisotopic (exact) mass is 288 g/mol. The van der Waals surface area contributed by atoms with Crippen molar-refractivity contribution >= 4 is 10.2 Å². The fraction of sp³-hybridized carbons (Fsp3) is 0.500. The molecule has 0 amide bonds. The van der Waals surface area contributed by atoms with Gasteiger partial charge in [0.2, 0.25) is 0 Å². The van der Waals surface area contributed by atoms with Crippen LogP contribution in [-0.2, 0) is 16.8 Å². The zero-order valence-electron chi connectivity index (χ0n) is 11.3. The number of rotatable bonds is 7. The van der Waals surface area contributed by atoms with Crippen LogP contribution in [0.4, 0.5) is 0 Å². The molecule has 0 aliphatic heterocycles. The molecule has 2 N–H and O–H groups in total. The first-order chi connectivity index (χ1) is 8.89. The second-order valence-electron chi connectivity index (χ2n) is 4.31. The van der Waals surface area contributed by atoms with Crippen molar-refractivity contribution in [3.05, 3.63) is 29.8 Å². The summed E-state index contributed by atoms with van der Waals surface area (Å²) in [5.74, 6) is 0.681. The van der Waals surface area contributed by atoms with Gasteiger partial charge in [-0.05, 0) is 24.6 Å². The molecule has 1 aromatic rings. The van der Waals surface area contributed by atoms with E-state index < -0.39 is 16.3 Å². The molecule has 0 aromatic heterocycles. The Morgan fingerprint density at radius 1 is 1.47 bits per heavy atom. The van der Waals surface area contributed by atoms with Crippen LogP contribution in [-0.4, -0.2) is 44.6 Å². The molecule has 0 radical (unpaired) electrons. The molecule has 0 unspecified atom stereocenters. The summed E-state index contributed by atoms with van der Waals surface area (Å²) >= 11 is 0. The van der Waals surface area contributed by atoms with E-state index in [9.17, 15) is 8.42 Å². The number of nitrogens with one attached hydrogen (secondary N) is 1. The van der Waals surface area contributed by atoms with Gasteiger partial charge in [0.15, 0.2) is 0 Å². The largest absolute Gasteiger partial charge is 0.497 e. The number of aliphatic hydroxyl groups is 1. The Morgan fingerprint density at radius 3 is 2.74 bits per heavy atom. The molecule has 0 heterocycles. The van der Waals surface area contributed by atoms with Gasteiger partial charge in [-0.2, -0.15) is 17.4 Å². The summed E-state index contributed by atoms with van der Waals surface area (Å²) in [6.07, 6.45) is 0. The summed E-state index contributed by atoms with van der Waals surface area (Å²) in [7, 11) is -0.569. The molecule has 19 heavy (non-hydrogen) atoms. The lowest BCUT2D eigenvalue weighted by Gasteiger charge is -2.20. The molecule has 0 aliphatic rings. The van der Waals surface area contributed by atoms with E-state index >= 15 is 0 Å². The van der Waals surface area contributed by atoms with Crippen LogP contribution in [0.2, 0.25) is 0 Å². The highest BCUT2D eigenvalue weighted by Crippen LogP contribution is 2.14. The summed E-state index contributed by atoms with van der Waals surface area (Å²) in [6, 6.07) is 6.69. The number of aliphatic hydroxyl groups excluding tert-OH is 1. The second kappa shape index (κ2) is 6.85. The van der Waals surface area contributed by atoms with Crippen molar-refractivity contribution in [2.75, 3.05) is 20.8 Å². The highest BCUT2D eigenvalue weighted by Gasteiger charge is 2.20. The Kier molecular flexibility index (Phi) is 5.74. The molecule has 0 saturated heterocycles. The number of nitrogens with zero attached hydrogens (tertiary/aromatic N) is 1. The number of benzene rings is 1. The zero-order valence-corrected chi connectivity index (χ0v) is 12.1. The third kappa shape index (κ3) is 4.79. The first-order valence-corrected chi connectivity index (χ1v) is 7.30. The Morgan fingerprint density at radius 2 is 2.16 bits per heavy atom. The van der Waals surface area contributed by atoms with Gasteiger partial charge in [-0.3, -0.25) is 0 Å². The van der Waals surface area contributed by atoms with E-state index in [0.29, 0.717) is 5.75 Å². The fourth-order valence-electron chi connectivity index (χ4n) is 1.49. The van der Waals surface area contributed by atoms with Gasteiger partial charge in [-0.15, -0.1) is 0 Å². The molecular weight excluding hydrogens is 268 g/mol. The quantitative estimate of drug-likeness (QED) is 0.758. The van der Waals surface area contributed by atoms with Crippen molar-refractivity contribution in [1.29, 1.82) is 0 Å². The first-order valence-electron chi connectivity index (χ1n) is 5.86. The third-order valence-electron chi connectivity index (χ3n) is 2.57. The summed E-state index contributed by atoms with van der Waals surface area (Å²) < 4.78 is 32.5. The molecule has 0 spiro atoms. The molecule has 7 heteroatoms. The maximum absolute atomic E-state index is 11.9. The lowest BCUT2D eigenvalue weighted by Crippen LogP contribution is -2.43. The number of hydrogen-bond donors (Lipinski definition) is 2. The molecule has 0 aliphatic carbocycles. The molecule has 1 aromatic carbocycles. The summed E-state index contributed by atoms with van der Waals surface area (Å²) in [5, 5.41) is 8.88. The van der Waals surface area contributed by atoms with Gasteiger partial charge in [0.25, 0.3) is 10.2 Å². The van der Waals surface area contributed by atoms with E-state index in [1.165, 1.54) is 11.4 Å². The first kappa shape index (κ1) is 15.9. The molecule has 1 atom stereocenters. The average Bonchev–Trinajstić information content (AvgIpc) is 2.38. The van der Waals surface area contributed by atoms with Crippen molar-refractivity contribution in [2.45, 2.75) is 19.5 Å². The highest BCUT2D eigenvalue weighted by atomic mass is 32.2. The van der Waals surface area contributed by atoms with Gasteiger partial charge in [-0.1, -0.05) is 12.1 Å². The van der Waals surface area contributed by atoms with Gasteiger partial charge >= 0.3 is 0 Å². The van der Waals surface area contributed by atoms with Crippen LogP contribution in [0.3, 0.4) is 0 Å². The lowest BCUT2D eigenvalue weighted by atomic mass is 10.2. The smallest absolute Gasteiger partial charge is 0.279 e. The van der Waals surface area contributed by atoms with Gasteiger partial charge in [-0.25, -0.2) is 0 Å². The Labute approximate surface area is 114 Å². The van der Waals surface area contributed by atoms with Crippen molar-refractivity contribution < 1.29 is 18.3 Å². The van der Waals surface area contributed by atoms with Crippen LogP contribution < -0.4 is 9.46 Å². The van der Waals surface area contributed by atoms with E-state index in [4.69, 9.17) is 9.84 Å². The van der Waals surface area contributed by atoms with E-state index in [-0.39, 0.29) is 13.2 Å². The zero-order chi connectivity index (χ0) is 14.5. The number of methoxy groups -OCH3 is 1. The molecular formula is C12H20N2O4S. The molecule has 1 rings (SSSR count). The number of ether oxygens (including phenoxy) is 1. The van der Waals surface area contributed by atoms with Crippen molar-refractivity contribution in [3.8, 4) is 5.75 Å². The standard InChI is InChI=1S/C12H20N2O4S/c1-10(9-15)13-19(16,17)14(2)8-11-5-4-6-12(7-11)18-3/h4-7,10,13,15H,8-9H2,1-3H3/t10-/m0/s1. The summed E-state index contributed by atoms with van der Waals surface area (Å²) in [6.45, 7) is 1.58. The van der Waals surface area contributed by atoms with Crippen molar-refractivity contribution in [2.24, 2.45) is 0 Å². The molecule has 0 bridgehead atoms. The van der Waals surface area contributed by atoms with Gasteiger partial charge in [0.1, 0.15) is 5.75 Å². The van der Waals surface area contributed by atoms with Gasteiger partial charge < -0.3 is 9.84 Å². The maximum Gasteiger partial charge on any atom is 0.279 e. The van der Waals surface area contributed by atoms with Crippen LogP contribution in [0, 0.1) is 0 Å². The Hall–Kier alpha value is -1.15. The van der Waals surface area contributed by atoms with Crippen LogP contribution in [0.15, 0.2) is 24.3 Å². The lowest BCUT2D eigenvalue weighted by molar-refractivity contribution is 0.263. The summed E-state index contributed by atoms with van der Waals surface area (Å²) in [5.41, 5.74) is 0.823. The predicted octanol–water partition coefficient (Wildman–Crippen LogP) is 0.342. The minimum atomic E-state index is -3.61. The normalized spacial score (nSPS) is 13.5. The van der Waals surface area contributed by atoms with Crippen molar-refractivity contribution in [1.82, 2.24) is 9.03 Å². The maximum atomic E-state index is 11.9. The summed E-state index contributed by atoms with van der Waals surface area (Å²) in [4.78, 5) is 0. The van der Waals surface area contributed by atoms with Crippen molar-refractivity contribution in [3.63, 3.8) is 0 Å². The third-order valence-corrected chi connectivity index (χ3v) is 4.22. The minimum absolute atomic E-state index is 0.227. The van der Waals surface area contributed by atoms with Crippen LogP contribution >= 0.6 is 0 Å². The highest BCUT2D eigenvalue weighted by molar-refractivity contribution is 7.87. The fourth-order valence-corrected chi connectivity index (χ4v) is 2.58. The SMILES string of the molecule is COc1cccc(CN(C)S(=O)(=O)N[C@@H](C)CO)c1. The topological polar surface area (TPSA) is 78.9 Å². The van der Waals surface area contributed by atoms with Crippen LogP contribution in [0.5, 0.6) is 5.75 Å². The number of hydrogen-bond acceptors (Lipinski definition) is 4. The predicted molar refractivity (Wildman–Crippen MR) is 73.1 cm³/mol. The van der Waals surface area contributed by atoms with Crippen LogP contribution in [0.25, 0.3) is 0 Å². The van der Waals surface area contributed by atoms with E-state index in [1.54, 1.807) is 32.2 Å². The second-order valence-corrected chi connectivity index (χ2v) is 6.12. The molecule has 6 nitrogen and oxygen atoms in total. The Balaban J connectivity index is 2.75. The molecule has 0 saturated carbocycles.